The molecule has 2 N–H and O–H groups in total. The number of aryl methyl sites for hydroxylation is 1. The van der Waals surface area contributed by atoms with E-state index in [4.69, 9.17) is 0 Å². The number of fused-ring (bicyclic) bond motifs is 2. The highest BCUT2D eigenvalue weighted by atomic mass is 16.3. The average Bonchev–Trinajstić information content (AvgIpc) is 2.67. The average molecular weight is 343 g/mol. The second-order valence-electron chi connectivity index (χ2n) is 7.69. The zero-order chi connectivity index (χ0) is 17.7. The molecule has 132 valence electrons. The SMILES string of the molecule is CCCCN[C@H]1c2cc3ccc4cccc5ccc(c2CC[C@@H]1O)c3c45. The zero-order valence-electron chi connectivity index (χ0n) is 15.3. The van der Waals surface area contributed by atoms with Crippen LogP contribution in [0.1, 0.15) is 43.4 Å². The lowest BCUT2D eigenvalue weighted by Gasteiger charge is -2.33. The van der Waals surface area contributed by atoms with Crippen molar-refractivity contribution in [2.24, 2.45) is 0 Å². The van der Waals surface area contributed by atoms with Crippen molar-refractivity contribution in [2.45, 2.75) is 44.8 Å². The first kappa shape index (κ1) is 16.0. The van der Waals surface area contributed by atoms with Crippen molar-refractivity contribution < 1.29 is 5.11 Å². The summed E-state index contributed by atoms with van der Waals surface area (Å²) in [4.78, 5) is 0. The van der Waals surface area contributed by atoms with Crippen molar-refractivity contribution in [1.82, 2.24) is 5.32 Å². The Morgan fingerprint density at radius 1 is 1.00 bits per heavy atom. The van der Waals surface area contributed by atoms with Crippen LogP contribution in [0.25, 0.3) is 32.3 Å². The molecule has 0 unspecified atom stereocenters. The van der Waals surface area contributed by atoms with Crippen LogP contribution in [0, 0.1) is 0 Å². The van der Waals surface area contributed by atoms with E-state index in [9.17, 15) is 5.11 Å². The van der Waals surface area contributed by atoms with Gasteiger partial charge in [0.05, 0.1) is 12.1 Å². The fourth-order valence-corrected chi connectivity index (χ4v) is 4.79. The van der Waals surface area contributed by atoms with E-state index in [0.29, 0.717) is 0 Å². The summed E-state index contributed by atoms with van der Waals surface area (Å²) in [6, 6.07) is 18.0. The normalized spacial score (nSPS) is 20.2. The molecule has 0 radical (unpaired) electrons. The zero-order valence-corrected chi connectivity index (χ0v) is 15.3. The third-order valence-corrected chi connectivity index (χ3v) is 6.10. The number of hydrogen-bond acceptors (Lipinski definition) is 2. The number of hydrogen-bond donors (Lipinski definition) is 2. The Kier molecular flexibility index (Phi) is 3.84. The minimum absolute atomic E-state index is 0.0483. The molecular formula is C24H25NO. The fraction of sp³-hybridized carbons (Fsp3) is 0.333. The van der Waals surface area contributed by atoms with Gasteiger partial charge in [0.1, 0.15) is 0 Å². The molecule has 0 aromatic heterocycles. The van der Waals surface area contributed by atoms with Crippen molar-refractivity contribution in [1.29, 1.82) is 0 Å². The summed E-state index contributed by atoms with van der Waals surface area (Å²) in [5, 5.41) is 22.3. The first-order valence-corrected chi connectivity index (χ1v) is 9.88. The van der Waals surface area contributed by atoms with Gasteiger partial charge in [0, 0.05) is 0 Å². The predicted octanol–water partition coefficient (Wildman–Crippen LogP) is 5.32. The molecule has 2 heteroatoms. The predicted molar refractivity (Wildman–Crippen MR) is 110 cm³/mol. The molecule has 2 atom stereocenters. The number of aliphatic hydroxyl groups excluding tert-OH is 1. The van der Waals surface area contributed by atoms with E-state index in [1.807, 2.05) is 0 Å². The first-order valence-electron chi connectivity index (χ1n) is 9.88. The Labute approximate surface area is 154 Å². The van der Waals surface area contributed by atoms with Gasteiger partial charge < -0.3 is 10.4 Å². The first-order chi connectivity index (χ1) is 12.8. The van der Waals surface area contributed by atoms with Crippen molar-refractivity contribution >= 4 is 32.3 Å². The lowest BCUT2D eigenvalue weighted by Crippen LogP contribution is -2.36. The summed E-state index contributed by atoms with van der Waals surface area (Å²) in [7, 11) is 0. The molecule has 0 spiro atoms. The molecule has 0 amide bonds. The molecule has 2 nitrogen and oxygen atoms in total. The molecule has 0 saturated heterocycles. The quantitative estimate of drug-likeness (QED) is 0.388. The van der Waals surface area contributed by atoms with Crippen molar-refractivity contribution in [3.05, 3.63) is 59.7 Å². The number of nitrogens with one attached hydrogen (secondary N) is 1. The van der Waals surface area contributed by atoms with Crippen LogP contribution in [0.5, 0.6) is 0 Å². The Balaban J connectivity index is 1.76. The van der Waals surface area contributed by atoms with E-state index < -0.39 is 0 Å². The lowest BCUT2D eigenvalue weighted by atomic mass is 9.80. The van der Waals surface area contributed by atoms with E-state index >= 15 is 0 Å². The maximum Gasteiger partial charge on any atom is 0.0738 e. The second kappa shape index (κ2) is 6.22. The molecule has 0 heterocycles. The minimum Gasteiger partial charge on any atom is -0.391 e. The lowest BCUT2D eigenvalue weighted by molar-refractivity contribution is 0.111. The van der Waals surface area contributed by atoms with E-state index in [-0.39, 0.29) is 12.1 Å². The molecule has 5 rings (SSSR count). The monoisotopic (exact) mass is 343 g/mol. The maximum absolute atomic E-state index is 10.7. The van der Waals surface area contributed by atoms with E-state index in [2.05, 4.69) is 60.8 Å². The summed E-state index contributed by atoms with van der Waals surface area (Å²) in [5.74, 6) is 0. The minimum atomic E-state index is -0.299. The molecule has 0 aliphatic heterocycles. The van der Waals surface area contributed by atoms with E-state index in [1.165, 1.54) is 49.9 Å². The summed E-state index contributed by atoms with van der Waals surface area (Å²) in [6.45, 7) is 3.17. The van der Waals surface area contributed by atoms with Crippen molar-refractivity contribution in [3.8, 4) is 0 Å². The summed E-state index contributed by atoms with van der Waals surface area (Å²) in [6.07, 6.45) is 3.81. The van der Waals surface area contributed by atoms with Gasteiger partial charge in [0.25, 0.3) is 0 Å². The van der Waals surface area contributed by atoms with Gasteiger partial charge in [-0.25, -0.2) is 0 Å². The fourth-order valence-electron chi connectivity index (χ4n) is 4.79. The Hall–Kier alpha value is -2.16. The van der Waals surface area contributed by atoms with Gasteiger partial charge >= 0.3 is 0 Å². The standard InChI is InChI=1S/C24H25NO/c1-2-3-13-25-24-20-14-17-8-7-15-5-4-6-16-9-10-19(23(17)22(15)16)18(20)11-12-21(24)26/h4-10,14,21,24-26H,2-3,11-13H2,1H3/t21-,24-/m0/s1. The summed E-state index contributed by atoms with van der Waals surface area (Å²) >= 11 is 0. The van der Waals surface area contributed by atoms with E-state index in [0.717, 1.165) is 25.8 Å². The number of rotatable bonds is 4. The second-order valence-corrected chi connectivity index (χ2v) is 7.69. The molecule has 0 fully saturated rings. The third-order valence-electron chi connectivity index (χ3n) is 6.10. The molecule has 0 saturated carbocycles. The van der Waals surface area contributed by atoms with Crippen molar-refractivity contribution in [3.63, 3.8) is 0 Å². The van der Waals surface area contributed by atoms with Crippen LogP contribution in [0.15, 0.2) is 48.5 Å². The van der Waals surface area contributed by atoms with E-state index in [1.54, 1.807) is 0 Å². The van der Waals surface area contributed by atoms with Crippen LogP contribution in [0.2, 0.25) is 0 Å². The highest BCUT2D eigenvalue weighted by Crippen LogP contribution is 2.41. The van der Waals surface area contributed by atoms with Crippen LogP contribution >= 0.6 is 0 Å². The molecule has 4 aromatic carbocycles. The Bertz CT molecular complexity index is 1070. The maximum atomic E-state index is 10.7. The highest BCUT2D eigenvalue weighted by Gasteiger charge is 2.29. The van der Waals surface area contributed by atoms with Gasteiger partial charge in [0.15, 0.2) is 0 Å². The topological polar surface area (TPSA) is 32.3 Å². The van der Waals surface area contributed by atoms with Crippen molar-refractivity contribution in [2.75, 3.05) is 6.54 Å². The molecule has 26 heavy (non-hydrogen) atoms. The third kappa shape index (κ3) is 2.33. The molecular weight excluding hydrogens is 318 g/mol. The number of unbranched alkanes of at least 4 members (excludes halogenated alkanes) is 1. The number of benzene rings is 4. The van der Waals surface area contributed by atoms with Crippen LogP contribution in [-0.2, 0) is 6.42 Å². The molecule has 1 aliphatic carbocycles. The Morgan fingerprint density at radius 2 is 1.77 bits per heavy atom. The largest absolute Gasteiger partial charge is 0.391 e. The van der Waals surface area contributed by atoms with Gasteiger partial charge in [-0.15, -0.1) is 0 Å². The van der Waals surface area contributed by atoms with Crippen LogP contribution in [0.3, 0.4) is 0 Å². The van der Waals surface area contributed by atoms with Gasteiger partial charge in [0.2, 0.25) is 0 Å². The summed E-state index contributed by atoms with van der Waals surface area (Å²) < 4.78 is 0. The van der Waals surface area contributed by atoms with Crippen LogP contribution < -0.4 is 5.32 Å². The summed E-state index contributed by atoms with van der Waals surface area (Å²) in [5.41, 5.74) is 2.72. The number of aliphatic hydroxyl groups is 1. The van der Waals surface area contributed by atoms with Gasteiger partial charge in [-0.3, -0.25) is 0 Å². The Morgan fingerprint density at radius 3 is 2.58 bits per heavy atom. The van der Waals surface area contributed by atoms with Gasteiger partial charge in [-0.2, -0.15) is 0 Å². The smallest absolute Gasteiger partial charge is 0.0738 e. The van der Waals surface area contributed by atoms with Gasteiger partial charge in [-0.1, -0.05) is 55.8 Å². The molecule has 4 aromatic rings. The molecule has 0 bridgehead atoms. The molecule has 1 aliphatic rings. The van der Waals surface area contributed by atoms with Crippen LogP contribution in [0.4, 0.5) is 0 Å². The van der Waals surface area contributed by atoms with Crippen LogP contribution in [-0.4, -0.2) is 17.8 Å². The van der Waals surface area contributed by atoms with Gasteiger partial charge in [-0.05, 0) is 75.3 Å². The highest BCUT2D eigenvalue weighted by molar-refractivity contribution is 6.23.